The molecule has 4 nitrogen and oxygen atoms in total. The van der Waals surface area contributed by atoms with Crippen LogP contribution in [0, 0.1) is 0 Å². The van der Waals surface area contributed by atoms with Crippen LogP contribution in [-0.2, 0) is 17.7 Å². The van der Waals surface area contributed by atoms with Crippen LogP contribution in [0.2, 0.25) is 0 Å². The summed E-state index contributed by atoms with van der Waals surface area (Å²) in [6.45, 7) is 5.33. The van der Waals surface area contributed by atoms with Gasteiger partial charge in [0.25, 0.3) is 0 Å². The Bertz CT molecular complexity index is 334. The molecule has 0 heterocycles. The first-order valence-corrected chi connectivity index (χ1v) is 8.00. The zero-order chi connectivity index (χ0) is 14.0. The van der Waals surface area contributed by atoms with Crippen molar-refractivity contribution in [2.75, 3.05) is 21.3 Å². The molecule has 1 aromatic carbocycles. The summed E-state index contributed by atoms with van der Waals surface area (Å²) < 4.78 is 20.6. The predicted octanol–water partition coefficient (Wildman–Crippen LogP) is -0.863. The van der Waals surface area contributed by atoms with Crippen molar-refractivity contribution < 1.29 is 17.7 Å². The zero-order valence-corrected chi connectivity index (χ0v) is 14.7. The lowest BCUT2D eigenvalue weighted by Crippen LogP contribution is -2.54. The third-order valence-corrected chi connectivity index (χ3v) is 5.63. The van der Waals surface area contributed by atoms with E-state index in [1.54, 1.807) is 21.3 Å². The van der Waals surface area contributed by atoms with E-state index in [2.05, 4.69) is 6.58 Å². The van der Waals surface area contributed by atoms with Crippen molar-refractivity contribution in [2.24, 2.45) is 0 Å². The predicted molar refractivity (Wildman–Crippen MR) is 90.0 cm³/mol. The van der Waals surface area contributed by atoms with Crippen LogP contribution in [0.1, 0.15) is 6.92 Å². The second-order valence-electron chi connectivity index (χ2n) is 3.44. The Morgan fingerprint density at radius 1 is 1.05 bits per heavy atom. The van der Waals surface area contributed by atoms with Gasteiger partial charge in [0.05, 0.1) is 5.76 Å². The topological polar surface area (TPSA) is 36.9 Å². The van der Waals surface area contributed by atoms with Gasteiger partial charge in [0.2, 0.25) is 10.5 Å². The number of rotatable bonds is 5. The second kappa shape index (κ2) is 11.1. The third-order valence-electron chi connectivity index (χ3n) is 2.28. The summed E-state index contributed by atoms with van der Waals surface area (Å²) in [6, 6.07) is 9.72. The Morgan fingerprint density at radius 2 is 1.42 bits per heavy atom. The minimum Gasteiger partial charge on any atom is -0.557 e. The average Bonchev–Trinajstić information content (AvgIpc) is 2.43. The fourth-order valence-corrected chi connectivity index (χ4v) is 3.05. The van der Waals surface area contributed by atoms with Crippen molar-refractivity contribution in [3.63, 3.8) is 0 Å². The van der Waals surface area contributed by atoms with Crippen molar-refractivity contribution >= 4 is 35.4 Å². The van der Waals surface area contributed by atoms with Crippen LogP contribution < -0.4 is 5.19 Å². The van der Waals surface area contributed by atoms with E-state index >= 15 is 0 Å². The van der Waals surface area contributed by atoms with Gasteiger partial charge in [-0.2, -0.15) is 0 Å². The minimum absolute atomic E-state index is 0. The number of allylic oxidation sites excluding steroid dienone is 1. The Labute approximate surface area is 124 Å². The maximum Gasteiger partial charge on any atom is 0.536 e. The van der Waals surface area contributed by atoms with Crippen molar-refractivity contribution in [2.45, 2.75) is 6.92 Å². The van der Waals surface area contributed by atoms with Crippen LogP contribution in [0.3, 0.4) is 0 Å². The van der Waals surface area contributed by atoms with Gasteiger partial charge in [0.1, 0.15) is 0 Å². The van der Waals surface area contributed by atoms with E-state index in [0.29, 0.717) is 0 Å². The second-order valence-corrected chi connectivity index (χ2v) is 6.76. The molecule has 0 N–H and O–H groups in total. The van der Waals surface area contributed by atoms with Crippen molar-refractivity contribution in [1.29, 1.82) is 0 Å². The van der Waals surface area contributed by atoms with E-state index < -0.39 is 8.80 Å². The summed E-state index contributed by atoms with van der Waals surface area (Å²) in [6.07, 6.45) is 0. The summed E-state index contributed by atoms with van der Waals surface area (Å²) in [5.41, 5.74) is 0. The molecule has 19 heavy (non-hydrogen) atoms. The lowest BCUT2D eigenvalue weighted by atomic mass is 10.4. The largest absolute Gasteiger partial charge is 0.557 e. The molecule has 0 aliphatic carbocycles. The maximum absolute atomic E-state index is 5.32. The van der Waals surface area contributed by atoms with E-state index in [0.717, 1.165) is 21.4 Å². The molecule has 0 aliphatic rings. The fourth-order valence-electron chi connectivity index (χ4n) is 1.25. The fraction of sp³-hybridized carbons (Fsp3) is 0.333. The quantitative estimate of drug-likeness (QED) is 0.523. The summed E-state index contributed by atoms with van der Waals surface area (Å²) in [7, 11) is 2.99. The van der Waals surface area contributed by atoms with Crippen LogP contribution in [0.5, 0.6) is 0 Å². The van der Waals surface area contributed by atoms with Crippen LogP contribution in [0.4, 0.5) is 0 Å². The number of hydrogen-bond acceptors (Lipinski definition) is 4. The van der Waals surface area contributed by atoms with Crippen LogP contribution in [0.25, 0.3) is 0 Å². The highest BCUT2D eigenvalue weighted by molar-refractivity contribution is 6.75. The highest BCUT2D eigenvalue weighted by atomic mass is 28.4. The molecule has 0 amide bonds. The van der Waals surface area contributed by atoms with E-state index in [1.165, 1.54) is 0 Å². The van der Waals surface area contributed by atoms with E-state index in [9.17, 15) is 0 Å². The van der Waals surface area contributed by atoms with Gasteiger partial charge in [-0.3, -0.25) is 0 Å². The molecule has 0 fully saturated rings. The average molecular weight is 319 g/mol. The van der Waals surface area contributed by atoms with Crippen LogP contribution in [0.15, 0.2) is 42.7 Å². The number of hydrogen-bond donors (Lipinski definition) is 0. The highest BCUT2D eigenvalue weighted by Crippen LogP contribution is 2.05. The SMILES string of the molecule is C=C(C)O[SiH3].CO[Si](OC)(OC)c1ccccc1.[SiH4]. The maximum atomic E-state index is 5.32. The Kier molecular flexibility index (Phi) is 12.1. The molecule has 7 heteroatoms. The van der Waals surface area contributed by atoms with Gasteiger partial charge < -0.3 is 17.7 Å². The first kappa shape index (κ1) is 20.6. The molecule has 110 valence electrons. The molecule has 1 rings (SSSR count). The monoisotopic (exact) mass is 318 g/mol. The number of benzene rings is 1. The normalized spacial score (nSPS) is 9.89. The summed E-state index contributed by atoms with van der Waals surface area (Å²) in [4.78, 5) is 0. The van der Waals surface area contributed by atoms with E-state index in [-0.39, 0.29) is 11.0 Å². The Hall–Kier alpha value is -0.709. The van der Waals surface area contributed by atoms with Gasteiger partial charge in [0, 0.05) is 26.5 Å². The smallest absolute Gasteiger partial charge is 0.536 e. The highest BCUT2D eigenvalue weighted by Gasteiger charge is 2.40. The molecule has 0 saturated heterocycles. The summed E-state index contributed by atoms with van der Waals surface area (Å²) in [5.74, 6) is 0.816. The molecule has 1 aromatic rings. The molecule has 0 bridgehead atoms. The van der Waals surface area contributed by atoms with Crippen LogP contribution >= 0.6 is 0 Å². The van der Waals surface area contributed by atoms with Gasteiger partial charge in [-0.1, -0.05) is 36.9 Å². The standard InChI is InChI=1S/C9H14O3Si.C3H8OSi.H4Si/c1-10-13(11-2,12-3)9-7-5-4-6-8-9;1-3(2)4-5;/h4-8H,1-3H3;1H2,2,5H3;1H4. The summed E-state index contributed by atoms with van der Waals surface area (Å²) >= 11 is 0. The van der Waals surface area contributed by atoms with Gasteiger partial charge in [0.15, 0.2) is 0 Å². The molecule has 0 spiro atoms. The molecular formula is C12H26O4Si3. The van der Waals surface area contributed by atoms with Crippen molar-refractivity contribution in [3.05, 3.63) is 42.7 Å². The van der Waals surface area contributed by atoms with Gasteiger partial charge in [-0.15, -0.1) is 0 Å². The molecule has 0 saturated carbocycles. The summed E-state index contributed by atoms with van der Waals surface area (Å²) in [5, 5.41) is 0.975. The minimum atomic E-state index is -2.59. The molecule has 0 atom stereocenters. The molecular weight excluding hydrogens is 292 g/mol. The first-order valence-electron chi connectivity index (χ1n) is 5.46. The zero-order valence-electron chi connectivity index (χ0n) is 11.7. The van der Waals surface area contributed by atoms with E-state index in [1.807, 2.05) is 37.3 Å². The molecule has 0 unspecified atom stereocenters. The molecule has 0 aliphatic heterocycles. The van der Waals surface area contributed by atoms with Crippen molar-refractivity contribution in [3.8, 4) is 0 Å². The first-order chi connectivity index (χ1) is 8.56. The van der Waals surface area contributed by atoms with E-state index in [4.69, 9.17) is 17.7 Å². The molecule has 0 radical (unpaired) electrons. The van der Waals surface area contributed by atoms with Crippen molar-refractivity contribution in [1.82, 2.24) is 0 Å². The Balaban J connectivity index is 0. The van der Waals surface area contributed by atoms with Gasteiger partial charge in [-0.05, 0) is 17.9 Å². The Morgan fingerprint density at radius 3 is 1.68 bits per heavy atom. The lowest BCUT2D eigenvalue weighted by molar-refractivity contribution is 0.140. The lowest BCUT2D eigenvalue weighted by Gasteiger charge is -2.24. The van der Waals surface area contributed by atoms with Gasteiger partial charge in [-0.25, -0.2) is 0 Å². The van der Waals surface area contributed by atoms with Crippen LogP contribution in [-0.4, -0.2) is 51.6 Å². The third kappa shape index (κ3) is 6.85. The molecule has 0 aromatic heterocycles. The van der Waals surface area contributed by atoms with Gasteiger partial charge >= 0.3 is 8.80 Å².